The summed E-state index contributed by atoms with van der Waals surface area (Å²) in [5.41, 5.74) is 1.99. The average Bonchev–Trinajstić information content (AvgIpc) is 2.92. The molecular formula is C18H20N4OS. The lowest BCUT2D eigenvalue weighted by atomic mass is 10.2. The third-order valence-corrected chi connectivity index (χ3v) is 4.01. The molecule has 2 aromatic carbocycles. The standard InChI is InChI=1S/C18H20N4OS/c1-20(2)13-21-18(24)22(15-7-5-4-6-8-15)17(19-21)14-9-11-16(23-3)12-10-14/h4-12H,13H2,1-3H3. The van der Waals surface area contributed by atoms with Gasteiger partial charge in [-0.05, 0) is 62.7 Å². The maximum absolute atomic E-state index is 5.67. The van der Waals surface area contributed by atoms with Gasteiger partial charge in [-0.1, -0.05) is 18.2 Å². The van der Waals surface area contributed by atoms with E-state index in [4.69, 9.17) is 22.1 Å². The van der Waals surface area contributed by atoms with E-state index < -0.39 is 0 Å². The molecule has 0 bridgehead atoms. The van der Waals surface area contributed by atoms with Crippen LogP contribution in [0.1, 0.15) is 0 Å². The minimum atomic E-state index is 0.627. The molecule has 1 heterocycles. The van der Waals surface area contributed by atoms with E-state index in [0.29, 0.717) is 11.4 Å². The Labute approximate surface area is 146 Å². The zero-order valence-electron chi connectivity index (χ0n) is 14.0. The van der Waals surface area contributed by atoms with Crippen LogP contribution in [0, 0.1) is 4.77 Å². The van der Waals surface area contributed by atoms with Crippen LogP contribution < -0.4 is 4.74 Å². The molecule has 3 rings (SSSR count). The Kier molecular flexibility index (Phi) is 4.78. The van der Waals surface area contributed by atoms with Crippen molar-refractivity contribution in [3.05, 3.63) is 59.4 Å². The topological polar surface area (TPSA) is 35.2 Å². The summed E-state index contributed by atoms with van der Waals surface area (Å²) in [6.07, 6.45) is 0. The second kappa shape index (κ2) is 6.98. The second-order valence-electron chi connectivity index (χ2n) is 5.73. The highest BCUT2D eigenvalue weighted by molar-refractivity contribution is 7.71. The Bertz CT molecular complexity index is 866. The molecule has 0 aliphatic rings. The molecule has 1 aromatic heterocycles. The molecule has 3 aromatic rings. The Morgan fingerprint density at radius 3 is 2.29 bits per heavy atom. The van der Waals surface area contributed by atoms with Gasteiger partial charge in [-0.2, -0.15) is 0 Å². The largest absolute Gasteiger partial charge is 0.497 e. The van der Waals surface area contributed by atoms with Gasteiger partial charge < -0.3 is 4.74 Å². The van der Waals surface area contributed by atoms with Gasteiger partial charge >= 0.3 is 0 Å². The van der Waals surface area contributed by atoms with Crippen LogP contribution in [0.5, 0.6) is 5.75 Å². The van der Waals surface area contributed by atoms with Crippen molar-refractivity contribution in [2.45, 2.75) is 6.67 Å². The summed E-state index contributed by atoms with van der Waals surface area (Å²) < 4.78 is 9.75. The van der Waals surface area contributed by atoms with Gasteiger partial charge in [-0.3, -0.25) is 9.47 Å². The van der Waals surface area contributed by atoms with Crippen molar-refractivity contribution in [3.63, 3.8) is 0 Å². The zero-order valence-corrected chi connectivity index (χ0v) is 14.8. The molecule has 0 saturated heterocycles. The molecular weight excluding hydrogens is 320 g/mol. The number of aromatic nitrogens is 3. The van der Waals surface area contributed by atoms with Gasteiger partial charge in [0.25, 0.3) is 0 Å². The third-order valence-electron chi connectivity index (χ3n) is 3.62. The van der Waals surface area contributed by atoms with Gasteiger partial charge in [0.2, 0.25) is 4.77 Å². The number of hydrogen-bond donors (Lipinski definition) is 0. The first-order valence-corrected chi connectivity index (χ1v) is 8.05. The van der Waals surface area contributed by atoms with Crippen molar-refractivity contribution in [2.75, 3.05) is 21.2 Å². The van der Waals surface area contributed by atoms with Gasteiger partial charge in [0, 0.05) is 11.3 Å². The van der Waals surface area contributed by atoms with Crippen LogP contribution in [0.4, 0.5) is 0 Å². The Balaban J connectivity index is 2.17. The maximum atomic E-state index is 5.67. The van der Waals surface area contributed by atoms with Crippen LogP contribution in [0.3, 0.4) is 0 Å². The van der Waals surface area contributed by atoms with E-state index >= 15 is 0 Å². The van der Waals surface area contributed by atoms with E-state index in [0.717, 1.165) is 22.8 Å². The monoisotopic (exact) mass is 340 g/mol. The van der Waals surface area contributed by atoms with Gasteiger partial charge in [0.15, 0.2) is 5.82 Å². The molecule has 0 spiro atoms. The van der Waals surface area contributed by atoms with Crippen molar-refractivity contribution in [1.82, 2.24) is 19.2 Å². The SMILES string of the molecule is COc1ccc(-c2nn(CN(C)C)c(=S)n2-c2ccccc2)cc1. The van der Waals surface area contributed by atoms with Crippen LogP contribution in [0.15, 0.2) is 54.6 Å². The van der Waals surface area contributed by atoms with Crippen molar-refractivity contribution in [1.29, 1.82) is 0 Å². The minimum absolute atomic E-state index is 0.627. The first-order valence-electron chi connectivity index (χ1n) is 7.64. The number of hydrogen-bond acceptors (Lipinski definition) is 4. The highest BCUT2D eigenvalue weighted by atomic mass is 32.1. The number of rotatable bonds is 5. The summed E-state index contributed by atoms with van der Waals surface area (Å²) in [4.78, 5) is 2.04. The predicted octanol–water partition coefficient (Wildman–Crippen LogP) is 3.60. The average molecular weight is 340 g/mol. The highest BCUT2D eigenvalue weighted by Crippen LogP contribution is 2.24. The first-order chi connectivity index (χ1) is 11.6. The summed E-state index contributed by atoms with van der Waals surface area (Å²) in [6, 6.07) is 17.9. The van der Waals surface area contributed by atoms with E-state index in [1.165, 1.54) is 0 Å². The van der Waals surface area contributed by atoms with Crippen LogP contribution >= 0.6 is 12.2 Å². The molecule has 0 radical (unpaired) electrons. The van der Waals surface area contributed by atoms with Gasteiger partial charge in [0.05, 0.1) is 13.8 Å². The summed E-state index contributed by atoms with van der Waals surface area (Å²) in [6.45, 7) is 0.627. The smallest absolute Gasteiger partial charge is 0.204 e. The third kappa shape index (κ3) is 3.25. The molecule has 24 heavy (non-hydrogen) atoms. The molecule has 0 unspecified atom stereocenters. The van der Waals surface area contributed by atoms with Crippen LogP contribution in [0.25, 0.3) is 17.1 Å². The molecule has 0 amide bonds. The van der Waals surface area contributed by atoms with Gasteiger partial charge in [-0.25, -0.2) is 4.68 Å². The zero-order chi connectivity index (χ0) is 17.1. The highest BCUT2D eigenvalue weighted by Gasteiger charge is 2.14. The molecule has 0 N–H and O–H groups in total. The second-order valence-corrected chi connectivity index (χ2v) is 6.09. The lowest BCUT2D eigenvalue weighted by Gasteiger charge is -2.08. The molecule has 5 nitrogen and oxygen atoms in total. The Hall–Kier alpha value is -2.44. The molecule has 0 aliphatic heterocycles. The number of benzene rings is 2. The molecule has 0 aliphatic carbocycles. The molecule has 124 valence electrons. The molecule has 6 heteroatoms. The lowest BCUT2D eigenvalue weighted by molar-refractivity contribution is 0.304. The summed E-state index contributed by atoms with van der Waals surface area (Å²) >= 11 is 5.67. The van der Waals surface area contributed by atoms with Gasteiger partial charge in [0.1, 0.15) is 5.75 Å². The molecule has 0 atom stereocenters. The number of methoxy groups -OCH3 is 1. The van der Waals surface area contributed by atoms with Crippen molar-refractivity contribution < 1.29 is 4.74 Å². The molecule has 0 saturated carbocycles. The Morgan fingerprint density at radius 1 is 1.04 bits per heavy atom. The van der Waals surface area contributed by atoms with Gasteiger partial charge in [-0.15, -0.1) is 5.10 Å². The predicted molar refractivity (Wildman–Crippen MR) is 98.1 cm³/mol. The van der Waals surface area contributed by atoms with E-state index in [9.17, 15) is 0 Å². The fraction of sp³-hybridized carbons (Fsp3) is 0.222. The summed E-state index contributed by atoms with van der Waals surface area (Å²) in [5.74, 6) is 1.63. The van der Waals surface area contributed by atoms with Crippen molar-refractivity contribution in [2.24, 2.45) is 0 Å². The summed E-state index contributed by atoms with van der Waals surface area (Å²) in [5, 5.41) is 4.74. The number of para-hydroxylation sites is 1. The quantitative estimate of drug-likeness (QED) is 0.665. The number of nitrogens with zero attached hydrogens (tertiary/aromatic N) is 4. The number of ether oxygens (including phenoxy) is 1. The fourth-order valence-electron chi connectivity index (χ4n) is 2.50. The molecule has 0 fully saturated rings. The fourth-order valence-corrected chi connectivity index (χ4v) is 2.80. The lowest BCUT2D eigenvalue weighted by Crippen LogP contribution is -2.18. The van der Waals surface area contributed by atoms with E-state index in [1.807, 2.05) is 82.8 Å². The van der Waals surface area contributed by atoms with E-state index in [1.54, 1.807) is 7.11 Å². The van der Waals surface area contributed by atoms with Crippen molar-refractivity contribution >= 4 is 12.2 Å². The van der Waals surface area contributed by atoms with E-state index in [-0.39, 0.29) is 0 Å². The maximum Gasteiger partial charge on any atom is 0.204 e. The van der Waals surface area contributed by atoms with Crippen LogP contribution in [-0.4, -0.2) is 40.5 Å². The van der Waals surface area contributed by atoms with E-state index in [2.05, 4.69) is 0 Å². The van der Waals surface area contributed by atoms with Crippen LogP contribution in [0.2, 0.25) is 0 Å². The Morgan fingerprint density at radius 2 is 1.71 bits per heavy atom. The van der Waals surface area contributed by atoms with Crippen molar-refractivity contribution in [3.8, 4) is 22.8 Å². The minimum Gasteiger partial charge on any atom is -0.497 e. The van der Waals surface area contributed by atoms with Crippen LogP contribution in [-0.2, 0) is 6.67 Å². The normalized spacial score (nSPS) is 11.0. The summed E-state index contributed by atoms with van der Waals surface area (Å²) in [7, 11) is 5.65. The first kappa shape index (κ1) is 16.4.